The number of nitrogens with one attached hydrogen (secondary N) is 2. The molecule has 1 aromatic carbocycles. The van der Waals surface area contributed by atoms with Crippen LogP contribution in [0.5, 0.6) is 0 Å². The first-order chi connectivity index (χ1) is 9.25. The van der Waals surface area contributed by atoms with Crippen LogP contribution in [0.1, 0.15) is 11.3 Å². The third-order valence-corrected chi connectivity index (χ3v) is 2.53. The van der Waals surface area contributed by atoms with Gasteiger partial charge >= 0.3 is 0 Å². The Labute approximate surface area is 112 Å². The predicted octanol–water partition coefficient (Wildman–Crippen LogP) is 1.92. The summed E-state index contributed by atoms with van der Waals surface area (Å²) in [4.78, 5) is 15.8. The molecule has 0 fully saturated rings. The van der Waals surface area contributed by atoms with Gasteiger partial charge in [-0.25, -0.2) is 0 Å². The van der Waals surface area contributed by atoms with Crippen LogP contribution in [0.15, 0.2) is 61.3 Å². The zero-order valence-corrected chi connectivity index (χ0v) is 10.5. The van der Waals surface area contributed by atoms with Crippen molar-refractivity contribution in [1.29, 1.82) is 0 Å². The Morgan fingerprint density at radius 1 is 1.05 bits per heavy atom. The summed E-state index contributed by atoms with van der Waals surface area (Å²) in [5.41, 5.74) is 7.58. The number of aromatic nitrogens is 1. The Kier molecular flexibility index (Phi) is 4.29. The maximum Gasteiger partial charge on any atom is 0.242 e. The summed E-state index contributed by atoms with van der Waals surface area (Å²) in [7, 11) is 0. The minimum atomic E-state index is -0.122. The smallest absolute Gasteiger partial charge is 0.242 e. The normalized spacial score (nSPS) is 9.68. The van der Waals surface area contributed by atoms with Crippen molar-refractivity contribution in [1.82, 2.24) is 15.8 Å². The lowest BCUT2D eigenvalue weighted by atomic mass is 10.1. The van der Waals surface area contributed by atoms with Gasteiger partial charge in [0, 0.05) is 6.20 Å². The molecule has 0 aliphatic carbocycles. The number of rotatable bonds is 5. The van der Waals surface area contributed by atoms with E-state index in [2.05, 4.69) is 22.4 Å². The molecule has 1 heterocycles. The standard InChI is InChI=1S/C15H15N3O/c1-12(14-9-5-6-10-16-14)17-18-15(19)11-13-7-3-2-4-8-13/h2-10,17H,1,11H2,(H,18,19). The Morgan fingerprint density at radius 3 is 2.47 bits per heavy atom. The fourth-order valence-corrected chi connectivity index (χ4v) is 1.58. The van der Waals surface area contributed by atoms with E-state index < -0.39 is 0 Å². The molecule has 2 aromatic rings. The van der Waals surface area contributed by atoms with Crippen LogP contribution >= 0.6 is 0 Å². The van der Waals surface area contributed by atoms with E-state index in [1.165, 1.54) is 0 Å². The molecule has 0 radical (unpaired) electrons. The van der Waals surface area contributed by atoms with Gasteiger partial charge in [-0.15, -0.1) is 0 Å². The van der Waals surface area contributed by atoms with Crippen molar-refractivity contribution in [2.45, 2.75) is 6.42 Å². The fourth-order valence-electron chi connectivity index (χ4n) is 1.58. The molecule has 0 bridgehead atoms. The molecular weight excluding hydrogens is 238 g/mol. The number of hydrazine groups is 1. The SMILES string of the molecule is C=C(NNC(=O)Cc1ccccc1)c1ccccn1. The molecule has 0 spiro atoms. The van der Waals surface area contributed by atoms with Crippen molar-refractivity contribution < 1.29 is 4.79 Å². The maximum atomic E-state index is 11.7. The third kappa shape index (κ3) is 3.96. The Balaban J connectivity index is 1.83. The topological polar surface area (TPSA) is 54.0 Å². The van der Waals surface area contributed by atoms with Crippen LogP contribution < -0.4 is 10.9 Å². The van der Waals surface area contributed by atoms with E-state index in [0.29, 0.717) is 17.8 Å². The van der Waals surface area contributed by atoms with Crippen LogP contribution in [0.25, 0.3) is 5.70 Å². The van der Waals surface area contributed by atoms with E-state index in [0.717, 1.165) is 5.56 Å². The predicted molar refractivity (Wildman–Crippen MR) is 74.7 cm³/mol. The summed E-state index contributed by atoms with van der Waals surface area (Å²) >= 11 is 0. The first-order valence-corrected chi connectivity index (χ1v) is 5.95. The van der Waals surface area contributed by atoms with E-state index in [9.17, 15) is 4.79 Å². The molecule has 0 aliphatic heterocycles. The van der Waals surface area contributed by atoms with E-state index in [-0.39, 0.29) is 5.91 Å². The lowest BCUT2D eigenvalue weighted by Gasteiger charge is -2.10. The van der Waals surface area contributed by atoms with E-state index in [1.807, 2.05) is 48.5 Å². The molecule has 19 heavy (non-hydrogen) atoms. The molecular formula is C15H15N3O. The first-order valence-electron chi connectivity index (χ1n) is 5.95. The van der Waals surface area contributed by atoms with Gasteiger partial charge in [-0.2, -0.15) is 0 Å². The monoisotopic (exact) mass is 253 g/mol. The summed E-state index contributed by atoms with van der Waals surface area (Å²) in [6.45, 7) is 3.82. The number of nitrogens with zero attached hydrogens (tertiary/aromatic N) is 1. The largest absolute Gasteiger partial charge is 0.297 e. The Bertz CT molecular complexity index is 552. The number of amides is 1. The maximum absolute atomic E-state index is 11.7. The van der Waals surface area contributed by atoms with Crippen LogP contribution in [0, 0.1) is 0 Å². The Morgan fingerprint density at radius 2 is 1.79 bits per heavy atom. The highest BCUT2D eigenvalue weighted by Gasteiger charge is 2.04. The molecule has 0 aliphatic rings. The molecule has 4 nitrogen and oxygen atoms in total. The van der Waals surface area contributed by atoms with Crippen molar-refractivity contribution >= 4 is 11.6 Å². The second-order valence-corrected chi connectivity index (χ2v) is 4.03. The van der Waals surface area contributed by atoms with Crippen LogP contribution in [0.4, 0.5) is 0 Å². The van der Waals surface area contributed by atoms with Gasteiger partial charge in [0.2, 0.25) is 5.91 Å². The second kappa shape index (κ2) is 6.35. The molecule has 96 valence electrons. The zero-order valence-electron chi connectivity index (χ0n) is 10.5. The van der Waals surface area contributed by atoms with Crippen molar-refractivity contribution in [2.24, 2.45) is 0 Å². The lowest BCUT2D eigenvalue weighted by molar-refractivity contribution is -0.121. The van der Waals surface area contributed by atoms with Gasteiger partial charge in [-0.3, -0.25) is 20.6 Å². The average Bonchev–Trinajstić information content (AvgIpc) is 2.47. The van der Waals surface area contributed by atoms with Gasteiger partial charge in [0.1, 0.15) is 0 Å². The van der Waals surface area contributed by atoms with Crippen molar-refractivity contribution in [3.8, 4) is 0 Å². The quantitative estimate of drug-likeness (QED) is 0.800. The molecule has 2 N–H and O–H groups in total. The van der Waals surface area contributed by atoms with Crippen molar-refractivity contribution in [3.05, 3.63) is 72.6 Å². The summed E-state index contributed by atoms with van der Waals surface area (Å²) in [5, 5.41) is 0. The molecule has 0 saturated carbocycles. The first kappa shape index (κ1) is 12.8. The van der Waals surface area contributed by atoms with E-state index in [1.54, 1.807) is 6.20 Å². The van der Waals surface area contributed by atoms with Gasteiger partial charge in [0.25, 0.3) is 0 Å². The van der Waals surface area contributed by atoms with Gasteiger partial charge in [0.15, 0.2) is 0 Å². The highest BCUT2D eigenvalue weighted by molar-refractivity contribution is 5.79. The second-order valence-electron chi connectivity index (χ2n) is 4.03. The van der Waals surface area contributed by atoms with Gasteiger partial charge < -0.3 is 0 Å². The number of benzene rings is 1. The van der Waals surface area contributed by atoms with Gasteiger partial charge in [0.05, 0.1) is 17.8 Å². The van der Waals surface area contributed by atoms with E-state index in [4.69, 9.17) is 0 Å². The van der Waals surface area contributed by atoms with Crippen LogP contribution in [0.3, 0.4) is 0 Å². The number of pyridine rings is 1. The number of hydrogen-bond donors (Lipinski definition) is 2. The molecule has 2 rings (SSSR count). The summed E-state index contributed by atoms with van der Waals surface area (Å²) in [6, 6.07) is 15.1. The van der Waals surface area contributed by atoms with Crippen molar-refractivity contribution in [3.63, 3.8) is 0 Å². The molecule has 4 heteroatoms. The fraction of sp³-hybridized carbons (Fsp3) is 0.0667. The highest BCUT2D eigenvalue weighted by atomic mass is 16.2. The van der Waals surface area contributed by atoms with Gasteiger partial charge in [-0.1, -0.05) is 43.0 Å². The summed E-state index contributed by atoms with van der Waals surface area (Å²) in [6.07, 6.45) is 2.00. The zero-order chi connectivity index (χ0) is 13.5. The lowest BCUT2D eigenvalue weighted by Crippen LogP contribution is -2.37. The summed E-state index contributed by atoms with van der Waals surface area (Å²) < 4.78 is 0. The highest BCUT2D eigenvalue weighted by Crippen LogP contribution is 2.03. The van der Waals surface area contributed by atoms with Crippen LogP contribution in [-0.4, -0.2) is 10.9 Å². The van der Waals surface area contributed by atoms with E-state index >= 15 is 0 Å². The van der Waals surface area contributed by atoms with Crippen molar-refractivity contribution in [2.75, 3.05) is 0 Å². The Hall–Kier alpha value is -2.62. The molecule has 0 atom stereocenters. The van der Waals surface area contributed by atoms with Crippen LogP contribution in [0.2, 0.25) is 0 Å². The van der Waals surface area contributed by atoms with Gasteiger partial charge in [-0.05, 0) is 17.7 Å². The number of carbonyl (C=O) groups is 1. The number of hydrogen-bond acceptors (Lipinski definition) is 3. The van der Waals surface area contributed by atoms with Crippen LogP contribution in [-0.2, 0) is 11.2 Å². The third-order valence-electron chi connectivity index (χ3n) is 2.53. The number of carbonyl (C=O) groups excluding carboxylic acids is 1. The minimum absolute atomic E-state index is 0.122. The molecule has 1 aromatic heterocycles. The average molecular weight is 253 g/mol. The molecule has 0 unspecified atom stereocenters. The summed E-state index contributed by atoms with van der Waals surface area (Å²) in [5.74, 6) is -0.122. The molecule has 0 saturated heterocycles. The molecule has 1 amide bonds. The minimum Gasteiger partial charge on any atom is -0.297 e.